The van der Waals surface area contributed by atoms with E-state index in [1.54, 1.807) is 0 Å². The number of hydrogen-bond donors (Lipinski definition) is 1. The molecule has 0 atom stereocenters. The minimum Gasteiger partial charge on any atom is -0.463 e. The van der Waals surface area contributed by atoms with Crippen LogP contribution in [-0.4, -0.2) is 24.0 Å². The molecule has 0 radical (unpaired) electrons. The summed E-state index contributed by atoms with van der Waals surface area (Å²) in [4.78, 5) is 2.45. The maximum absolute atomic E-state index is 5.85. The molecule has 1 aromatic rings. The Kier molecular flexibility index (Phi) is 7.06. The molecule has 0 aliphatic rings. The average molecular weight is 252 g/mol. The zero-order valence-corrected chi connectivity index (χ0v) is 12.3. The van der Waals surface area contributed by atoms with Gasteiger partial charge in [-0.3, -0.25) is 4.90 Å². The monoisotopic (exact) mass is 252 g/mol. The van der Waals surface area contributed by atoms with Crippen LogP contribution >= 0.6 is 0 Å². The predicted octanol–water partition coefficient (Wildman–Crippen LogP) is 3.40. The van der Waals surface area contributed by atoms with Gasteiger partial charge >= 0.3 is 0 Å². The molecular weight excluding hydrogens is 224 g/mol. The number of nitrogens with one attached hydrogen (secondary N) is 1. The molecule has 3 heteroatoms. The van der Waals surface area contributed by atoms with Gasteiger partial charge in [-0.15, -0.1) is 0 Å². The third-order valence-electron chi connectivity index (χ3n) is 3.04. The van der Waals surface area contributed by atoms with Crippen LogP contribution in [0.25, 0.3) is 0 Å². The van der Waals surface area contributed by atoms with Crippen molar-refractivity contribution in [3.63, 3.8) is 0 Å². The zero-order chi connectivity index (χ0) is 13.4. The number of hydrogen-bond acceptors (Lipinski definition) is 3. The van der Waals surface area contributed by atoms with Gasteiger partial charge in [0, 0.05) is 6.04 Å². The van der Waals surface area contributed by atoms with E-state index in [0.29, 0.717) is 6.04 Å². The van der Waals surface area contributed by atoms with E-state index in [9.17, 15) is 0 Å². The molecular formula is C15H28N2O. The van der Waals surface area contributed by atoms with Gasteiger partial charge in [0.15, 0.2) is 0 Å². The first-order valence-electron chi connectivity index (χ1n) is 7.19. The van der Waals surface area contributed by atoms with Crippen molar-refractivity contribution in [2.45, 2.75) is 59.7 Å². The largest absolute Gasteiger partial charge is 0.463 e. The van der Waals surface area contributed by atoms with Crippen LogP contribution in [0.2, 0.25) is 0 Å². The van der Waals surface area contributed by atoms with Gasteiger partial charge in [-0.1, -0.05) is 13.8 Å². The van der Waals surface area contributed by atoms with Crippen molar-refractivity contribution in [1.29, 1.82) is 0 Å². The van der Waals surface area contributed by atoms with Crippen LogP contribution in [0.15, 0.2) is 16.5 Å². The Balaban J connectivity index is 2.46. The molecule has 0 saturated heterocycles. The predicted molar refractivity (Wildman–Crippen MR) is 76.5 cm³/mol. The summed E-state index contributed by atoms with van der Waals surface area (Å²) < 4.78 is 5.85. The van der Waals surface area contributed by atoms with Crippen molar-refractivity contribution in [2.24, 2.45) is 0 Å². The summed E-state index contributed by atoms with van der Waals surface area (Å²) in [7, 11) is 0. The summed E-state index contributed by atoms with van der Waals surface area (Å²) in [6, 6.07) is 4.76. The molecule has 1 rings (SSSR count). The molecule has 0 aliphatic heterocycles. The SMILES string of the molecule is CCCNCc1ccc(CN(CCC)C(C)C)o1. The number of furan rings is 1. The maximum atomic E-state index is 5.85. The fourth-order valence-electron chi connectivity index (χ4n) is 2.00. The highest BCUT2D eigenvalue weighted by Crippen LogP contribution is 2.13. The molecule has 0 bridgehead atoms. The van der Waals surface area contributed by atoms with Crippen LogP contribution in [0.4, 0.5) is 0 Å². The lowest BCUT2D eigenvalue weighted by atomic mass is 10.2. The molecule has 0 aliphatic carbocycles. The highest BCUT2D eigenvalue weighted by molar-refractivity contribution is 5.07. The normalized spacial score (nSPS) is 11.7. The summed E-state index contributed by atoms with van der Waals surface area (Å²) in [5.74, 6) is 2.11. The second-order valence-electron chi connectivity index (χ2n) is 5.11. The topological polar surface area (TPSA) is 28.4 Å². The fraction of sp³-hybridized carbons (Fsp3) is 0.733. The quantitative estimate of drug-likeness (QED) is 0.683. The molecule has 0 aromatic carbocycles. The van der Waals surface area contributed by atoms with E-state index in [1.807, 2.05) is 0 Å². The van der Waals surface area contributed by atoms with Crippen LogP contribution in [0, 0.1) is 0 Å². The molecule has 1 aromatic heterocycles. The number of rotatable bonds is 9. The second-order valence-corrected chi connectivity index (χ2v) is 5.11. The molecule has 3 nitrogen and oxygen atoms in total. The maximum Gasteiger partial charge on any atom is 0.118 e. The van der Waals surface area contributed by atoms with Gasteiger partial charge in [0.1, 0.15) is 11.5 Å². The van der Waals surface area contributed by atoms with Crippen molar-refractivity contribution >= 4 is 0 Å². The lowest BCUT2D eigenvalue weighted by Crippen LogP contribution is -2.30. The Morgan fingerprint density at radius 2 is 1.89 bits per heavy atom. The van der Waals surface area contributed by atoms with Crippen molar-refractivity contribution in [3.05, 3.63) is 23.7 Å². The molecule has 104 valence electrons. The van der Waals surface area contributed by atoms with E-state index in [1.165, 1.54) is 6.42 Å². The van der Waals surface area contributed by atoms with Crippen LogP contribution < -0.4 is 5.32 Å². The summed E-state index contributed by atoms with van der Waals surface area (Å²) >= 11 is 0. The van der Waals surface area contributed by atoms with Gasteiger partial charge in [0.05, 0.1) is 13.1 Å². The molecule has 18 heavy (non-hydrogen) atoms. The third kappa shape index (κ3) is 5.23. The standard InChI is InChI=1S/C15H28N2O/c1-5-9-16-11-14-7-8-15(18-14)12-17(10-6-2)13(3)4/h7-8,13,16H,5-6,9-12H2,1-4H3. The van der Waals surface area contributed by atoms with E-state index in [2.05, 4.69) is 50.0 Å². The van der Waals surface area contributed by atoms with Gasteiger partial charge in [0.25, 0.3) is 0 Å². The van der Waals surface area contributed by atoms with Crippen LogP contribution in [0.1, 0.15) is 52.1 Å². The van der Waals surface area contributed by atoms with Gasteiger partial charge in [-0.2, -0.15) is 0 Å². The van der Waals surface area contributed by atoms with Crippen LogP contribution in [0.5, 0.6) is 0 Å². The van der Waals surface area contributed by atoms with E-state index in [0.717, 1.165) is 44.1 Å². The Bertz CT molecular complexity index is 320. The van der Waals surface area contributed by atoms with E-state index in [4.69, 9.17) is 4.42 Å². The average Bonchev–Trinajstić information content (AvgIpc) is 2.76. The van der Waals surface area contributed by atoms with Crippen LogP contribution in [0.3, 0.4) is 0 Å². The van der Waals surface area contributed by atoms with Crippen LogP contribution in [-0.2, 0) is 13.1 Å². The zero-order valence-electron chi connectivity index (χ0n) is 12.3. The lowest BCUT2D eigenvalue weighted by Gasteiger charge is -2.24. The van der Waals surface area contributed by atoms with Gasteiger partial charge in [0.2, 0.25) is 0 Å². The Morgan fingerprint density at radius 3 is 2.50 bits per heavy atom. The first kappa shape index (κ1) is 15.3. The Labute approximate surface area is 112 Å². The summed E-state index contributed by atoms with van der Waals surface area (Å²) in [5, 5.41) is 3.36. The molecule has 0 fully saturated rings. The fourth-order valence-corrected chi connectivity index (χ4v) is 2.00. The first-order valence-corrected chi connectivity index (χ1v) is 7.19. The Hall–Kier alpha value is -0.800. The van der Waals surface area contributed by atoms with E-state index in [-0.39, 0.29) is 0 Å². The van der Waals surface area contributed by atoms with Crippen molar-refractivity contribution < 1.29 is 4.42 Å². The molecule has 1 heterocycles. The second kappa shape index (κ2) is 8.33. The molecule has 0 unspecified atom stereocenters. The van der Waals surface area contributed by atoms with Crippen molar-refractivity contribution in [2.75, 3.05) is 13.1 Å². The van der Waals surface area contributed by atoms with E-state index >= 15 is 0 Å². The molecule has 0 amide bonds. The van der Waals surface area contributed by atoms with Gasteiger partial charge in [-0.25, -0.2) is 0 Å². The Morgan fingerprint density at radius 1 is 1.17 bits per heavy atom. The highest BCUT2D eigenvalue weighted by Gasteiger charge is 2.11. The van der Waals surface area contributed by atoms with Gasteiger partial charge in [-0.05, 0) is 51.9 Å². The van der Waals surface area contributed by atoms with E-state index < -0.39 is 0 Å². The van der Waals surface area contributed by atoms with Crippen molar-refractivity contribution in [3.8, 4) is 0 Å². The summed E-state index contributed by atoms with van der Waals surface area (Å²) in [5.41, 5.74) is 0. The first-order chi connectivity index (χ1) is 8.67. The molecule has 0 saturated carbocycles. The lowest BCUT2D eigenvalue weighted by molar-refractivity contribution is 0.195. The third-order valence-corrected chi connectivity index (χ3v) is 3.04. The smallest absolute Gasteiger partial charge is 0.118 e. The molecule has 1 N–H and O–H groups in total. The number of nitrogens with zero attached hydrogens (tertiary/aromatic N) is 1. The van der Waals surface area contributed by atoms with Gasteiger partial charge < -0.3 is 9.73 Å². The highest BCUT2D eigenvalue weighted by atomic mass is 16.3. The molecule has 0 spiro atoms. The minimum absolute atomic E-state index is 0.566. The summed E-state index contributed by atoms with van der Waals surface area (Å²) in [6.45, 7) is 12.8. The summed E-state index contributed by atoms with van der Waals surface area (Å²) in [6.07, 6.45) is 2.34. The minimum atomic E-state index is 0.566. The van der Waals surface area contributed by atoms with Crippen molar-refractivity contribution in [1.82, 2.24) is 10.2 Å².